The lowest BCUT2D eigenvalue weighted by atomic mass is 10.2. The Balaban J connectivity index is 1.57. The van der Waals surface area contributed by atoms with Gasteiger partial charge >= 0.3 is 0 Å². The summed E-state index contributed by atoms with van der Waals surface area (Å²) in [5.41, 5.74) is 1.70. The summed E-state index contributed by atoms with van der Waals surface area (Å²) in [6, 6.07) is 18.5. The topological polar surface area (TPSA) is 76.3 Å². The summed E-state index contributed by atoms with van der Waals surface area (Å²) in [7, 11) is -3.63. The van der Waals surface area contributed by atoms with Crippen molar-refractivity contribution in [3.8, 4) is 0 Å². The number of hydrogen-bond acceptors (Lipinski definition) is 4. The Morgan fingerprint density at radius 2 is 1.71 bits per heavy atom. The molecule has 0 unspecified atom stereocenters. The smallest absolute Gasteiger partial charge is 0.285 e. The summed E-state index contributed by atoms with van der Waals surface area (Å²) in [5, 5.41) is 7.42. The van der Waals surface area contributed by atoms with E-state index in [1.807, 2.05) is 36.5 Å². The van der Waals surface area contributed by atoms with E-state index >= 15 is 0 Å². The Morgan fingerprint density at radius 3 is 2.54 bits per heavy atom. The minimum Gasteiger partial charge on any atom is -0.322 e. The lowest BCUT2D eigenvalue weighted by Gasteiger charge is -2.04. The summed E-state index contributed by atoms with van der Waals surface area (Å²) in [4.78, 5) is 0.219. The van der Waals surface area contributed by atoms with Crippen LogP contribution >= 0.6 is 0 Å². The molecule has 0 radical (unpaired) electrons. The number of nitrogens with one attached hydrogen (secondary N) is 1. The van der Waals surface area contributed by atoms with E-state index in [4.69, 9.17) is 0 Å². The zero-order valence-electron chi connectivity index (χ0n) is 12.6. The molecule has 6 nitrogen and oxygen atoms in total. The quantitative estimate of drug-likeness (QED) is 0.796. The zero-order valence-corrected chi connectivity index (χ0v) is 13.4. The highest BCUT2D eigenvalue weighted by atomic mass is 32.2. The van der Waals surface area contributed by atoms with Crippen molar-refractivity contribution in [1.29, 1.82) is 0 Å². The van der Waals surface area contributed by atoms with Crippen molar-refractivity contribution in [3.05, 3.63) is 78.0 Å². The van der Waals surface area contributed by atoms with E-state index in [1.165, 1.54) is 0 Å². The molecule has 120 valence electrons. The van der Waals surface area contributed by atoms with Crippen LogP contribution in [0.5, 0.6) is 0 Å². The second-order valence-electron chi connectivity index (χ2n) is 5.42. The minimum atomic E-state index is -3.63. The molecule has 1 aliphatic rings. The van der Waals surface area contributed by atoms with Gasteiger partial charge in [-0.3, -0.25) is 4.68 Å². The van der Waals surface area contributed by atoms with Crippen LogP contribution in [0.25, 0.3) is 0 Å². The highest BCUT2D eigenvalue weighted by Crippen LogP contribution is 2.26. The number of benzene rings is 2. The number of hydrogen-bond donors (Lipinski definition) is 1. The van der Waals surface area contributed by atoms with Crippen LogP contribution in [0.1, 0.15) is 11.1 Å². The molecule has 1 aliphatic heterocycles. The maximum Gasteiger partial charge on any atom is 0.285 e. The molecule has 0 atom stereocenters. The maximum atomic E-state index is 12.0. The highest BCUT2D eigenvalue weighted by molar-refractivity contribution is 7.90. The predicted molar refractivity (Wildman–Crippen MR) is 91.6 cm³/mol. The fraction of sp³-hybridized carbons (Fsp3) is 0.0588. The lowest BCUT2D eigenvalue weighted by Crippen LogP contribution is -2.12. The average molecular weight is 338 g/mol. The van der Waals surface area contributed by atoms with Crippen LogP contribution < -0.4 is 5.32 Å². The third-order valence-corrected chi connectivity index (χ3v) is 5.04. The van der Waals surface area contributed by atoms with Crippen molar-refractivity contribution in [2.45, 2.75) is 11.4 Å². The normalized spacial score (nSPS) is 14.9. The Hall–Kier alpha value is -2.93. The van der Waals surface area contributed by atoms with Gasteiger partial charge in [-0.25, -0.2) is 0 Å². The molecule has 7 heteroatoms. The molecule has 24 heavy (non-hydrogen) atoms. The number of sulfonamides is 1. The van der Waals surface area contributed by atoms with Gasteiger partial charge < -0.3 is 5.32 Å². The molecule has 0 aliphatic carbocycles. The second-order valence-corrected chi connectivity index (χ2v) is 6.99. The van der Waals surface area contributed by atoms with Crippen LogP contribution in [0, 0.1) is 0 Å². The Kier molecular flexibility index (Phi) is 3.42. The van der Waals surface area contributed by atoms with E-state index in [0.29, 0.717) is 23.8 Å². The van der Waals surface area contributed by atoms with Gasteiger partial charge in [0, 0.05) is 17.8 Å². The van der Waals surface area contributed by atoms with Crippen molar-refractivity contribution >= 4 is 21.7 Å². The van der Waals surface area contributed by atoms with Gasteiger partial charge in [-0.05, 0) is 17.7 Å². The van der Waals surface area contributed by atoms with Crippen LogP contribution in [0.2, 0.25) is 0 Å². The molecule has 4 rings (SSSR count). The standard InChI is InChI=1S/C17H14N4O2S/c22-24(23)15-9-5-4-8-14(15)17(20-24)18-16-10-11-21(19-16)12-13-6-2-1-3-7-13/h1-11H,12H2,(H,18,19,20). The molecular formula is C17H14N4O2S. The van der Waals surface area contributed by atoms with E-state index in [2.05, 4.69) is 14.8 Å². The van der Waals surface area contributed by atoms with Gasteiger partial charge in [-0.15, -0.1) is 4.40 Å². The average Bonchev–Trinajstić information content (AvgIpc) is 3.12. The largest absolute Gasteiger partial charge is 0.322 e. The van der Waals surface area contributed by atoms with Gasteiger partial charge in [0.1, 0.15) is 4.90 Å². The van der Waals surface area contributed by atoms with Crippen LogP contribution in [-0.2, 0) is 16.6 Å². The van der Waals surface area contributed by atoms with E-state index < -0.39 is 10.0 Å². The molecule has 2 heterocycles. The van der Waals surface area contributed by atoms with E-state index in [1.54, 1.807) is 35.0 Å². The molecule has 1 N–H and O–H groups in total. The Morgan fingerprint density at radius 1 is 0.958 bits per heavy atom. The fourth-order valence-electron chi connectivity index (χ4n) is 2.60. The van der Waals surface area contributed by atoms with Crippen LogP contribution in [0.15, 0.2) is 76.2 Å². The molecule has 0 fully saturated rings. The molecule has 3 aromatic rings. The maximum absolute atomic E-state index is 12.0. The molecule has 1 aromatic heterocycles. The summed E-state index contributed by atoms with van der Waals surface area (Å²) < 4.78 is 29.7. The molecule has 0 spiro atoms. The number of anilines is 1. The molecule has 0 bridgehead atoms. The Labute approximate surface area is 139 Å². The van der Waals surface area contributed by atoms with E-state index in [9.17, 15) is 8.42 Å². The van der Waals surface area contributed by atoms with Gasteiger partial charge in [-0.2, -0.15) is 13.5 Å². The van der Waals surface area contributed by atoms with Crippen molar-refractivity contribution < 1.29 is 8.42 Å². The van der Waals surface area contributed by atoms with Gasteiger partial charge in [0.2, 0.25) is 0 Å². The predicted octanol–water partition coefficient (Wildman–Crippen LogP) is 2.49. The van der Waals surface area contributed by atoms with Crippen molar-refractivity contribution in [1.82, 2.24) is 9.78 Å². The SMILES string of the molecule is O=S1(=O)N=C(Nc2ccn(Cc3ccccc3)n2)c2ccccc21. The molecule has 0 saturated heterocycles. The second kappa shape index (κ2) is 5.61. The molecule has 2 aromatic carbocycles. The van der Waals surface area contributed by atoms with Crippen LogP contribution in [0.3, 0.4) is 0 Å². The first kappa shape index (κ1) is 14.6. The van der Waals surface area contributed by atoms with Gasteiger partial charge in [-0.1, -0.05) is 42.5 Å². The fourth-order valence-corrected chi connectivity index (χ4v) is 3.78. The molecule has 0 amide bonds. The van der Waals surface area contributed by atoms with E-state index in [0.717, 1.165) is 5.56 Å². The number of rotatable bonds is 3. The number of nitrogens with zero attached hydrogens (tertiary/aromatic N) is 3. The highest BCUT2D eigenvalue weighted by Gasteiger charge is 2.28. The number of fused-ring (bicyclic) bond motifs is 1. The summed E-state index contributed by atoms with van der Waals surface area (Å²) in [6.45, 7) is 0.643. The van der Waals surface area contributed by atoms with E-state index in [-0.39, 0.29) is 4.90 Å². The first-order chi connectivity index (χ1) is 11.6. The van der Waals surface area contributed by atoms with Crippen molar-refractivity contribution in [2.75, 3.05) is 5.32 Å². The van der Waals surface area contributed by atoms with Crippen LogP contribution in [-0.4, -0.2) is 24.0 Å². The number of amidine groups is 1. The first-order valence-electron chi connectivity index (χ1n) is 7.41. The summed E-state index contributed by atoms with van der Waals surface area (Å²) in [5.74, 6) is 0.854. The van der Waals surface area contributed by atoms with Crippen molar-refractivity contribution in [3.63, 3.8) is 0 Å². The van der Waals surface area contributed by atoms with Crippen molar-refractivity contribution in [2.24, 2.45) is 4.40 Å². The lowest BCUT2D eigenvalue weighted by molar-refractivity contribution is 0.599. The van der Waals surface area contributed by atoms with Gasteiger partial charge in [0.25, 0.3) is 10.0 Å². The molecular weight excluding hydrogens is 324 g/mol. The first-order valence-corrected chi connectivity index (χ1v) is 8.85. The third-order valence-electron chi connectivity index (χ3n) is 3.71. The number of aromatic nitrogens is 2. The van der Waals surface area contributed by atoms with Gasteiger partial charge in [0.05, 0.1) is 6.54 Å². The summed E-state index contributed by atoms with van der Waals surface area (Å²) >= 11 is 0. The van der Waals surface area contributed by atoms with Gasteiger partial charge in [0.15, 0.2) is 11.7 Å². The Bertz CT molecular complexity index is 1020. The summed E-state index contributed by atoms with van der Waals surface area (Å²) in [6.07, 6.45) is 1.84. The minimum absolute atomic E-state index is 0.219. The third kappa shape index (κ3) is 2.69. The zero-order chi connectivity index (χ0) is 16.6. The monoisotopic (exact) mass is 338 g/mol. The van der Waals surface area contributed by atoms with Crippen LogP contribution in [0.4, 0.5) is 5.82 Å². The molecule has 0 saturated carbocycles.